The minimum Gasteiger partial charge on any atom is -0.468 e. The van der Waals surface area contributed by atoms with Gasteiger partial charge >= 0.3 is 6.18 Å². The number of halogens is 4. The number of aryl methyl sites for hydroxylation is 1. The Kier molecular flexibility index (Phi) is 5.63. The van der Waals surface area contributed by atoms with Crippen LogP contribution in [0.15, 0.2) is 41.4 Å². The van der Waals surface area contributed by atoms with Crippen LogP contribution < -0.4 is 9.46 Å². The van der Waals surface area contributed by atoms with Gasteiger partial charge in [0.1, 0.15) is 10.7 Å². The maximum atomic E-state index is 13.7. The molecule has 0 fully saturated rings. The van der Waals surface area contributed by atoms with E-state index >= 15 is 0 Å². The minimum atomic E-state index is -4.56. The van der Waals surface area contributed by atoms with E-state index in [4.69, 9.17) is 0 Å². The molecule has 0 aliphatic heterocycles. The molecule has 0 aliphatic rings. The van der Waals surface area contributed by atoms with Crippen LogP contribution in [0, 0.1) is 12.7 Å². The molecule has 10 heteroatoms. The molecule has 5 nitrogen and oxygen atoms in total. The second kappa shape index (κ2) is 7.36. The van der Waals surface area contributed by atoms with Gasteiger partial charge in [0.2, 0.25) is 15.9 Å². The maximum absolute atomic E-state index is 13.7. The summed E-state index contributed by atoms with van der Waals surface area (Å²) in [5.74, 6) is -1.29. The molecule has 25 heavy (non-hydrogen) atoms. The molecule has 0 spiro atoms. The van der Waals surface area contributed by atoms with Gasteiger partial charge in [-0.05, 0) is 30.7 Å². The largest absolute Gasteiger partial charge is 0.468 e. The van der Waals surface area contributed by atoms with Crippen molar-refractivity contribution in [1.29, 1.82) is 0 Å². The fourth-order valence-electron chi connectivity index (χ4n) is 1.91. The third kappa shape index (κ3) is 5.40. The molecule has 0 radical (unpaired) electrons. The van der Waals surface area contributed by atoms with Crippen molar-refractivity contribution < 1.29 is 30.7 Å². The van der Waals surface area contributed by atoms with Gasteiger partial charge in [-0.3, -0.25) is 0 Å². The number of sulfonamides is 1. The molecule has 2 aromatic rings. The highest BCUT2D eigenvalue weighted by molar-refractivity contribution is 7.89. The summed E-state index contributed by atoms with van der Waals surface area (Å²) in [5.41, 5.74) is 0.626. The van der Waals surface area contributed by atoms with Gasteiger partial charge in [0.05, 0.1) is 0 Å². The number of ether oxygens (including phenoxy) is 1. The molecule has 1 aromatic carbocycles. The number of nitrogens with one attached hydrogen (secondary N) is 1. The van der Waals surface area contributed by atoms with Gasteiger partial charge in [-0.25, -0.2) is 22.5 Å². The molecule has 1 N–H and O–H groups in total. The lowest BCUT2D eigenvalue weighted by molar-refractivity contribution is -0.154. The SMILES string of the molecule is Cc1ccc(F)c(S(=O)(=O)NCc2cccnc2OCC(F)(F)F)c1. The molecular formula is C15H14F4N2O3S. The Balaban J connectivity index is 2.17. The Labute approximate surface area is 141 Å². The summed E-state index contributed by atoms with van der Waals surface area (Å²) in [6.07, 6.45) is -3.34. The van der Waals surface area contributed by atoms with E-state index in [1.807, 2.05) is 0 Å². The van der Waals surface area contributed by atoms with Crippen LogP contribution in [0.3, 0.4) is 0 Å². The van der Waals surface area contributed by atoms with Crippen molar-refractivity contribution in [2.24, 2.45) is 0 Å². The van der Waals surface area contributed by atoms with Crippen molar-refractivity contribution >= 4 is 10.0 Å². The molecule has 0 aliphatic carbocycles. The fourth-order valence-corrected chi connectivity index (χ4v) is 3.07. The molecule has 2 rings (SSSR count). The van der Waals surface area contributed by atoms with Crippen LogP contribution >= 0.6 is 0 Å². The zero-order valence-electron chi connectivity index (χ0n) is 13.0. The van der Waals surface area contributed by atoms with Crippen LogP contribution in [0.25, 0.3) is 0 Å². The first-order chi connectivity index (χ1) is 11.6. The summed E-state index contributed by atoms with van der Waals surface area (Å²) in [5, 5.41) is 0. The fraction of sp³-hybridized carbons (Fsp3) is 0.267. The molecule has 0 amide bonds. The third-order valence-corrected chi connectivity index (χ3v) is 4.47. The summed E-state index contributed by atoms with van der Waals surface area (Å²) in [7, 11) is -4.20. The zero-order valence-corrected chi connectivity index (χ0v) is 13.8. The van der Waals surface area contributed by atoms with Gasteiger partial charge in [-0.1, -0.05) is 12.1 Å². The number of nitrogens with zero attached hydrogens (tertiary/aromatic N) is 1. The van der Waals surface area contributed by atoms with Crippen molar-refractivity contribution in [3.8, 4) is 5.88 Å². The van der Waals surface area contributed by atoms with Gasteiger partial charge < -0.3 is 4.74 Å². The molecule has 0 saturated carbocycles. The summed E-state index contributed by atoms with van der Waals surface area (Å²) < 4.78 is 81.6. The normalized spacial score (nSPS) is 12.2. The average molecular weight is 378 g/mol. The lowest BCUT2D eigenvalue weighted by Gasteiger charge is -2.13. The van der Waals surface area contributed by atoms with E-state index in [0.717, 1.165) is 12.1 Å². The average Bonchev–Trinajstić information content (AvgIpc) is 2.53. The maximum Gasteiger partial charge on any atom is 0.422 e. The van der Waals surface area contributed by atoms with E-state index in [2.05, 4.69) is 14.4 Å². The summed E-state index contributed by atoms with van der Waals surface area (Å²) in [4.78, 5) is 3.11. The number of rotatable bonds is 6. The highest BCUT2D eigenvalue weighted by Crippen LogP contribution is 2.21. The van der Waals surface area contributed by atoms with Crippen molar-refractivity contribution in [3.05, 3.63) is 53.5 Å². The number of alkyl halides is 3. The highest BCUT2D eigenvalue weighted by Gasteiger charge is 2.29. The topological polar surface area (TPSA) is 68.3 Å². The van der Waals surface area contributed by atoms with Gasteiger partial charge in [-0.2, -0.15) is 13.2 Å². The molecule has 0 atom stereocenters. The van der Waals surface area contributed by atoms with Crippen LogP contribution in [0.1, 0.15) is 11.1 Å². The first-order valence-corrected chi connectivity index (χ1v) is 8.46. The number of hydrogen-bond acceptors (Lipinski definition) is 4. The highest BCUT2D eigenvalue weighted by atomic mass is 32.2. The van der Waals surface area contributed by atoms with Gasteiger partial charge in [0.15, 0.2) is 6.61 Å². The quantitative estimate of drug-likeness (QED) is 0.785. The van der Waals surface area contributed by atoms with Crippen molar-refractivity contribution in [2.45, 2.75) is 24.5 Å². The summed E-state index contributed by atoms with van der Waals surface area (Å²) in [6, 6.07) is 6.36. The Morgan fingerprint density at radius 2 is 1.96 bits per heavy atom. The third-order valence-electron chi connectivity index (χ3n) is 3.05. The van der Waals surface area contributed by atoms with Gasteiger partial charge in [0, 0.05) is 18.3 Å². The first-order valence-electron chi connectivity index (χ1n) is 6.98. The van der Waals surface area contributed by atoms with E-state index < -0.39 is 40.1 Å². The van der Waals surface area contributed by atoms with E-state index in [1.54, 1.807) is 6.92 Å². The van der Waals surface area contributed by atoms with Crippen LogP contribution in [0.4, 0.5) is 17.6 Å². The van der Waals surface area contributed by atoms with E-state index in [9.17, 15) is 26.0 Å². The molecule has 1 heterocycles. The first kappa shape index (κ1) is 19.1. The standard InChI is InChI=1S/C15H14F4N2O3S/c1-10-4-5-12(16)13(7-10)25(22,23)21-8-11-3-2-6-20-14(11)24-9-15(17,18)19/h2-7,21H,8-9H2,1H3. The number of aromatic nitrogens is 1. The van der Waals surface area contributed by atoms with Crippen molar-refractivity contribution in [2.75, 3.05) is 6.61 Å². The lowest BCUT2D eigenvalue weighted by atomic mass is 10.2. The lowest BCUT2D eigenvalue weighted by Crippen LogP contribution is -2.25. The van der Waals surface area contributed by atoms with Crippen LogP contribution in [0.2, 0.25) is 0 Å². The van der Waals surface area contributed by atoms with Crippen molar-refractivity contribution in [1.82, 2.24) is 9.71 Å². The predicted molar refractivity (Wildman–Crippen MR) is 80.9 cm³/mol. The molecule has 0 bridgehead atoms. The second-order valence-electron chi connectivity index (χ2n) is 5.13. The van der Waals surface area contributed by atoms with Crippen molar-refractivity contribution in [3.63, 3.8) is 0 Å². The number of hydrogen-bond donors (Lipinski definition) is 1. The van der Waals surface area contributed by atoms with E-state index in [1.165, 1.54) is 24.4 Å². The predicted octanol–water partition coefficient (Wildman–Crippen LogP) is 2.95. The van der Waals surface area contributed by atoms with Gasteiger partial charge in [-0.15, -0.1) is 0 Å². The molecule has 0 saturated heterocycles. The second-order valence-corrected chi connectivity index (χ2v) is 6.87. The van der Waals surface area contributed by atoms with Crippen LogP contribution in [-0.4, -0.2) is 26.2 Å². The zero-order chi connectivity index (χ0) is 18.7. The molecule has 0 unspecified atom stereocenters. The molecule has 136 valence electrons. The monoisotopic (exact) mass is 378 g/mol. The Hall–Kier alpha value is -2.20. The number of pyridine rings is 1. The van der Waals surface area contributed by atoms with E-state index in [0.29, 0.717) is 5.56 Å². The minimum absolute atomic E-state index is 0.0865. The number of benzene rings is 1. The molecular weight excluding hydrogens is 364 g/mol. The summed E-state index contributed by atoms with van der Waals surface area (Å²) in [6.45, 7) is -0.365. The Bertz CT molecular complexity index is 854. The van der Waals surface area contributed by atoms with Gasteiger partial charge in [0.25, 0.3) is 0 Å². The Morgan fingerprint density at radius 3 is 2.64 bits per heavy atom. The smallest absolute Gasteiger partial charge is 0.422 e. The molecule has 1 aromatic heterocycles. The van der Waals surface area contributed by atoms with Crippen LogP contribution in [0.5, 0.6) is 5.88 Å². The Morgan fingerprint density at radius 1 is 1.24 bits per heavy atom. The summed E-state index contributed by atoms with van der Waals surface area (Å²) >= 11 is 0. The van der Waals surface area contributed by atoms with E-state index in [-0.39, 0.29) is 11.4 Å². The van der Waals surface area contributed by atoms with Crippen LogP contribution in [-0.2, 0) is 16.6 Å².